The van der Waals surface area contributed by atoms with Gasteiger partial charge in [0.05, 0.1) is 6.61 Å². The van der Waals surface area contributed by atoms with Crippen LogP contribution in [0.2, 0.25) is 0 Å². The molecule has 3 heteroatoms. The van der Waals surface area contributed by atoms with E-state index in [1.807, 2.05) is 0 Å². The lowest BCUT2D eigenvalue weighted by molar-refractivity contribution is -0.134. The van der Waals surface area contributed by atoms with Crippen LogP contribution in [0, 0.1) is 0 Å². The highest BCUT2D eigenvalue weighted by molar-refractivity contribution is 5.72. The topological polar surface area (TPSA) is 46.5 Å². The number of carbonyl (C=O) groups excluding carboxylic acids is 1. The molecule has 0 bridgehead atoms. The summed E-state index contributed by atoms with van der Waals surface area (Å²) in [5, 5.41) is 8.94. The van der Waals surface area contributed by atoms with Crippen LogP contribution >= 0.6 is 0 Å². The third-order valence-electron chi connectivity index (χ3n) is 3.57. The van der Waals surface area contributed by atoms with Crippen LogP contribution in [0.1, 0.15) is 70.3 Å². The first-order chi connectivity index (χ1) is 10.3. The Bertz CT molecular complexity index is 384. The summed E-state index contributed by atoms with van der Waals surface area (Å²) in [4.78, 5) is 11.7. The summed E-state index contributed by atoms with van der Waals surface area (Å²) >= 11 is 0. The van der Waals surface area contributed by atoms with Gasteiger partial charge < -0.3 is 9.84 Å². The molecule has 0 spiro atoms. The molecule has 0 aliphatic carbocycles. The standard InChI is InChI=1S/C18H28O3/c1-2-3-4-5-6-7-8-9-10-18(20)21-17-13-11-16(15-19)12-14-17/h11-14,19H,2-10,15H2,1H3. The van der Waals surface area contributed by atoms with E-state index in [0.717, 1.165) is 18.4 Å². The molecule has 0 unspecified atom stereocenters. The Labute approximate surface area is 128 Å². The van der Waals surface area contributed by atoms with E-state index in [0.29, 0.717) is 12.2 Å². The van der Waals surface area contributed by atoms with Gasteiger partial charge in [0.1, 0.15) is 5.75 Å². The largest absolute Gasteiger partial charge is 0.427 e. The van der Waals surface area contributed by atoms with Gasteiger partial charge in [0, 0.05) is 6.42 Å². The van der Waals surface area contributed by atoms with Crippen molar-refractivity contribution in [1.82, 2.24) is 0 Å². The van der Waals surface area contributed by atoms with E-state index in [-0.39, 0.29) is 12.6 Å². The summed E-state index contributed by atoms with van der Waals surface area (Å²) in [5.41, 5.74) is 0.817. The van der Waals surface area contributed by atoms with Gasteiger partial charge in [-0.15, -0.1) is 0 Å². The number of unbranched alkanes of at least 4 members (excludes halogenated alkanes) is 7. The molecule has 0 aliphatic rings. The minimum Gasteiger partial charge on any atom is -0.427 e. The maximum absolute atomic E-state index is 11.7. The number of carbonyl (C=O) groups is 1. The predicted molar refractivity (Wildman–Crippen MR) is 85.2 cm³/mol. The van der Waals surface area contributed by atoms with Crippen molar-refractivity contribution in [1.29, 1.82) is 0 Å². The first-order valence-electron chi connectivity index (χ1n) is 8.16. The molecule has 0 fully saturated rings. The number of aliphatic hydroxyl groups is 1. The van der Waals surface area contributed by atoms with Gasteiger partial charge >= 0.3 is 5.97 Å². The second-order valence-electron chi connectivity index (χ2n) is 5.50. The highest BCUT2D eigenvalue weighted by atomic mass is 16.5. The summed E-state index contributed by atoms with van der Waals surface area (Å²) in [6.45, 7) is 2.23. The zero-order valence-corrected chi connectivity index (χ0v) is 13.1. The van der Waals surface area contributed by atoms with Crippen LogP contribution in [0.5, 0.6) is 5.75 Å². The van der Waals surface area contributed by atoms with Gasteiger partial charge in [-0.1, -0.05) is 64.0 Å². The van der Waals surface area contributed by atoms with E-state index in [1.165, 1.54) is 38.5 Å². The van der Waals surface area contributed by atoms with Crippen molar-refractivity contribution in [3.8, 4) is 5.75 Å². The molecule has 0 saturated carbocycles. The zero-order chi connectivity index (χ0) is 15.3. The number of ether oxygens (including phenoxy) is 1. The molecule has 0 aromatic heterocycles. The number of rotatable bonds is 11. The summed E-state index contributed by atoms with van der Waals surface area (Å²) in [7, 11) is 0. The molecule has 1 aromatic carbocycles. The third-order valence-corrected chi connectivity index (χ3v) is 3.57. The molecule has 1 rings (SSSR count). The normalized spacial score (nSPS) is 10.6. The molecular formula is C18H28O3. The van der Waals surface area contributed by atoms with Crippen molar-refractivity contribution >= 4 is 5.97 Å². The Morgan fingerprint density at radius 1 is 0.952 bits per heavy atom. The molecule has 0 radical (unpaired) electrons. The average molecular weight is 292 g/mol. The summed E-state index contributed by atoms with van der Waals surface area (Å²) in [6.07, 6.45) is 10.2. The molecule has 1 aromatic rings. The molecule has 0 atom stereocenters. The van der Waals surface area contributed by atoms with Crippen molar-refractivity contribution in [2.45, 2.75) is 71.3 Å². The number of esters is 1. The maximum atomic E-state index is 11.7. The van der Waals surface area contributed by atoms with E-state index >= 15 is 0 Å². The molecule has 118 valence electrons. The zero-order valence-electron chi connectivity index (χ0n) is 13.1. The molecule has 1 N–H and O–H groups in total. The Balaban J connectivity index is 2.05. The van der Waals surface area contributed by atoms with E-state index in [1.54, 1.807) is 24.3 Å². The van der Waals surface area contributed by atoms with Crippen LogP contribution in [-0.4, -0.2) is 11.1 Å². The first-order valence-corrected chi connectivity index (χ1v) is 8.16. The van der Waals surface area contributed by atoms with Gasteiger partial charge in [0.25, 0.3) is 0 Å². The van der Waals surface area contributed by atoms with Crippen LogP contribution in [-0.2, 0) is 11.4 Å². The SMILES string of the molecule is CCCCCCCCCCC(=O)Oc1ccc(CO)cc1. The summed E-state index contributed by atoms with van der Waals surface area (Å²) in [5.74, 6) is 0.384. The smallest absolute Gasteiger partial charge is 0.311 e. The van der Waals surface area contributed by atoms with Crippen molar-refractivity contribution in [2.75, 3.05) is 0 Å². The number of benzene rings is 1. The fraction of sp³-hybridized carbons (Fsp3) is 0.611. The van der Waals surface area contributed by atoms with Crippen LogP contribution in [0.4, 0.5) is 0 Å². The second-order valence-corrected chi connectivity index (χ2v) is 5.50. The fourth-order valence-corrected chi connectivity index (χ4v) is 2.25. The lowest BCUT2D eigenvalue weighted by Crippen LogP contribution is -2.07. The maximum Gasteiger partial charge on any atom is 0.311 e. The van der Waals surface area contributed by atoms with Gasteiger partial charge in [-0.2, -0.15) is 0 Å². The van der Waals surface area contributed by atoms with E-state index in [9.17, 15) is 4.79 Å². The molecule has 0 aliphatic heterocycles. The lowest BCUT2D eigenvalue weighted by atomic mass is 10.1. The van der Waals surface area contributed by atoms with Gasteiger partial charge in [0.15, 0.2) is 0 Å². The predicted octanol–water partition coefficient (Wildman–Crippen LogP) is 4.62. The highest BCUT2D eigenvalue weighted by Crippen LogP contribution is 2.14. The van der Waals surface area contributed by atoms with Gasteiger partial charge in [-0.3, -0.25) is 4.79 Å². The Kier molecular flexibility index (Phi) is 9.55. The summed E-state index contributed by atoms with van der Waals surface area (Å²) in [6, 6.07) is 6.96. The average Bonchev–Trinajstić information content (AvgIpc) is 2.50. The van der Waals surface area contributed by atoms with Gasteiger partial charge in [0.2, 0.25) is 0 Å². The Morgan fingerprint density at radius 2 is 1.52 bits per heavy atom. The van der Waals surface area contributed by atoms with Gasteiger partial charge in [-0.25, -0.2) is 0 Å². The van der Waals surface area contributed by atoms with Crippen LogP contribution in [0.25, 0.3) is 0 Å². The fourth-order valence-electron chi connectivity index (χ4n) is 2.25. The minimum absolute atomic E-state index is 0.00643. The summed E-state index contributed by atoms with van der Waals surface area (Å²) < 4.78 is 5.25. The van der Waals surface area contributed by atoms with Crippen LogP contribution in [0.3, 0.4) is 0 Å². The first kappa shape index (κ1) is 17.7. The Hall–Kier alpha value is -1.35. The van der Waals surface area contributed by atoms with Crippen molar-refractivity contribution in [3.63, 3.8) is 0 Å². The van der Waals surface area contributed by atoms with Crippen molar-refractivity contribution < 1.29 is 14.6 Å². The molecule has 21 heavy (non-hydrogen) atoms. The lowest BCUT2D eigenvalue weighted by Gasteiger charge is -2.05. The Morgan fingerprint density at radius 3 is 2.10 bits per heavy atom. The number of aliphatic hydroxyl groups excluding tert-OH is 1. The molecule has 0 saturated heterocycles. The van der Waals surface area contributed by atoms with E-state index in [4.69, 9.17) is 9.84 Å². The number of hydrogen-bond acceptors (Lipinski definition) is 3. The third kappa shape index (κ3) is 8.51. The van der Waals surface area contributed by atoms with E-state index in [2.05, 4.69) is 6.92 Å². The van der Waals surface area contributed by atoms with E-state index < -0.39 is 0 Å². The quantitative estimate of drug-likeness (QED) is 0.368. The van der Waals surface area contributed by atoms with Crippen LogP contribution in [0.15, 0.2) is 24.3 Å². The molecule has 0 heterocycles. The number of hydrogen-bond donors (Lipinski definition) is 1. The minimum atomic E-state index is -0.169. The second kappa shape index (κ2) is 11.3. The van der Waals surface area contributed by atoms with Crippen molar-refractivity contribution in [2.24, 2.45) is 0 Å². The van der Waals surface area contributed by atoms with Crippen molar-refractivity contribution in [3.05, 3.63) is 29.8 Å². The highest BCUT2D eigenvalue weighted by Gasteiger charge is 2.04. The van der Waals surface area contributed by atoms with Crippen LogP contribution < -0.4 is 4.74 Å². The molecule has 0 amide bonds. The molecular weight excluding hydrogens is 264 g/mol. The van der Waals surface area contributed by atoms with Gasteiger partial charge in [-0.05, 0) is 24.1 Å². The monoisotopic (exact) mass is 292 g/mol. The molecule has 3 nitrogen and oxygen atoms in total.